The van der Waals surface area contributed by atoms with Crippen LogP contribution in [0.1, 0.15) is 25.7 Å². The summed E-state index contributed by atoms with van der Waals surface area (Å²) >= 11 is 1.96. The number of hydrogen-bond donors (Lipinski definition) is 1. The molecule has 2 aliphatic heterocycles. The number of halogens is 1. The first kappa shape index (κ1) is 14.1. The van der Waals surface area contributed by atoms with Crippen LogP contribution in [0.4, 0.5) is 0 Å². The first-order chi connectivity index (χ1) is 7.29. The predicted molar refractivity (Wildman–Crippen MR) is 71.4 cm³/mol. The standard InChI is InChI=1S/C11H20N2OS.ClH/c1-13(9-5-7-15-8-9)11(14)10-4-2-3-6-12-10;/h9-10,12H,2-8H2,1H3;1H/t9?,10-;/m1./s1. The van der Waals surface area contributed by atoms with Crippen molar-refractivity contribution in [2.45, 2.75) is 37.8 Å². The average Bonchev–Trinajstić information content (AvgIpc) is 2.82. The van der Waals surface area contributed by atoms with Gasteiger partial charge in [-0.3, -0.25) is 4.79 Å². The van der Waals surface area contributed by atoms with E-state index in [1.165, 1.54) is 25.0 Å². The van der Waals surface area contributed by atoms with Crippen LogP contribution in [0.15, 0.2) is 0 Å². The van der Waals surface area contributed by atoms with Crippen LogP contribution < -0.4 is 5.32 Å². The van der Waals surface area contributed by atoms with Crippen molar-refractivity contribution in [3.05, 3.63) is 0 Å². The highest BCUT2D eigenvalue weighted by Gasteiger charge is 2.29. The van der Waals surface area contributed by atoms with Gasteiger partial charge in [0.2, 0.25) is 5.91 Å². The van der Waals surface area contributed by atoms with Crippen LogP contribution in [-0.2, 0) is 4.79 Å². The van der Waals surface area contributed by atoms with Crippen LogP contribution in [0, 0.1) is 0 Å². The van der Waals surface area contributed by atoms with Gasteiger partial charge in [-0.15, -0.1) is 12.4 Å². The second-order valence-corrected chi connectivity index (χ2v) is 5.62. The van der Waals surface area contributed by atoms with Gasteiger partial charge in [0.15, 0.2) is 0 Å². The summed E-state index contributed by atoms with van der Waals surface area (Å²) in [6.45, 7) is 1.00. The molecule has 0 spiro atoms. The minimum absolute atomic E-state index is 0. The minimum Gasteiger partial charge on any atom is -0.341 e. The van der Waals surface area contributed by atoms with E-state index in [-0.39, 0.29) is 18.4 Å². The maximum Gasteiger partial charge on any atom is 0.239 e. The molecular weight excluding hydrogens is 244 g/mol. The third-order valence-corrected chi connectivity index (χ3v) is 4.55. The van der Waals surface area contributed by atoms with Crippen LogP contribution in [0.25, 0.3) is 0 Å². The van der Waals surface area contributed by atoms with Crippen LogP contribution in [0.2, 0.25) is 0 Å². The zero-order chi connectivity index (χ0) is 10.7. The normalized spacial score (nSPS) is 29.6. The summed E-state index contributed by atoms with van der Waals surface area (Å²) in [5, 5.41) is 3.33. The second kappa shape index (κ2) is 6.72. The zero-order valence-electron chi connectivity index (χ0n) is 9.78. The van der Waals surface area contributed by atoms with Gasteiger partial charge < -0.3 is 10.2 Å². The lowest BCUT2D eigenvalue weighted by molar-refractivity contribution is -0.134. The van der Waals surface area contributed by atoms with Gasteiger partial charge in [-0.2, -0.15) is 11.8 Å². The maximum absolute atomic E-state index is 12.1. The Morgan fingerprint density at radius 2 is 2.19 bits per heavy atom. The lowest BCUT2D eigenvalue weighted by atomic mass is 10.0. The fraction of sp³-hybridized carbons (Fsp3) is 0.909. The minimum atomic E-state index is 0. The van der Waals surface area contributed by atoms with E-state index in [1.54, 1.807) is 0 Å². The molecule has 0 radical (unpaired) electrons. The average molecular weight is 265 g/mol. The van der Waals surface area contributed by atoms with E-state index in [2.05, 4.69) is 5.32 Å². The summed E-state index contributed by atoms with van der Waals surface area (Å²) in [6.07, 6.45) is 4.59. The number of hydrogen-bond acceptors (Lipinski definition) is 3. The summed E-state index contributed by atoms with van der Waals surface area (Å²) in [5.74, 6) is 2.64. The number of thioether (sulfide) groups is 1. The molecule has 0 aromatic carbocycles. The number of nitrogens with one attached hydrogen (secondary N) is 1. The summed E-state index contributed by atoms with van der Waals surface area (Å²) in [7, 11) is 1.97. The lowest BCUT2D eigenvalue weighted by Gasteiger charge is -2.30. The van der Waals surface area contributed by atoms with Gasteiger partial charge in [0, 0.05) is 18.8 Å². The molecular formula is C11H21ClN2OS. The van der Waals surface area contributed by atoms with E-state index in [1.807, 2.05) is 23.7 Å². The van der Waals surface area contributed by atoms with Crippen LogP contribution >= 0.6 is 24.2 Å². The van der Waals surface area contributed by atoms with E-state index < -0.39 is 0 Å². The summed E-state index contributed by atoms with van der Waals surface area (Å²) in [6, 6.07) is 0.570. The van der Waals surface area contributed by atoms with Crippen LogP contribution in [0.3, 0.4) is 0 Å². The first-order valence-electron chi connectivity index (χ1n) is 5.87. The third-order valence-electron chi connectivity index (χ3n) is 3.41. The molecule has 2 atom stereocenters. The van der Waals surface area contributed by atoms with E-state index in [0.29, 0.717) is 11.9 Å². The molecule has 0 aromatic rings. The number of rotatable bonds is 2. The smallest absolute Gasteiger partial charge is 0.239 e. The zero-order valence-corrected chi connectivity index (χ0v) is 11.4. The van der Waals surface area contributed by atoms with Gasteiger partial charge in [0.05, 0.1) is 6.04 Å². The number of carbonyl (C=O) groups is 1. The molecule has 0 bridgehead atoms. The van der Waals surface area contributed by atoms with E-state index in [9.17, 15) is 4.79 Å². The SMILES string of the molecule is CN(C(=O)[C@H]1CCCCN1)C1CCSC1.Cl. The molecule has 2 heterocycles. The first-order valence-corrected chi connectivity index (χ1v) is 7.02. The number of amides is 1. The second-order valence-electron chi connectivity index (χ2n) is 4.47. The van der Waals surface area contributed by atoms with Gasteiger partial charge in [0.25, 0.3) is 0 Å². The van der Waals surface area contributed by atoms with Crippen molar-refractivity contribution in [2.75, 3.05) is 25.1 Å². The highest BCUT2D eigenvalue weighted by Crippen LogP contribution is 2.22. The Hall–Kier alpha value is 0.0700. The largest absolute Gasteiger partial charge is 0.341 e. The molecule has 3 nitrogen and oxygen atoms in total. The molecule has 94 valence electrons. The molecule has 2 rings (SSSR count). The molecule has 2 fully saturated rings. The summed E-state index contributed by atoms with van der Waals surface area (Å²) in [4.78, 5) is 14.1. The molecule has 5 heteroatoms. The van der Waals surface area contributed by atoms with Crippen molar-refractivity contribution in [3.8, 4) is 0 Å². The molecule has 2 saturated heterocycles. The Bertz CT molecular complexity index is 228. The van der Waals surface area contributed by atoms with Crippen molar-refractivity contribution in [2.24, 2.45) is 0 Å². The van der Waals surface area contributed by atoms with Crippen molar-refractivity contribution in [1.29, 1.82) is 0 Å². The van der Waals surface area contributed by atoms with E-state index in [0.717, 1.165) is 18.7 Å². The predicted octanol–water partition coefficient (Wildman–Crippen LogP) is 1.51. The molecule has 16 heavy (non-hydrogen) atoms. The fourth-order valence-corrected chi connectivity index (χ4v) is 3.58. The maximum atomic E-state index is 12.1. The molecule has 1 N–H and O–H groups in total. The van der Waals surface area contributed by atoms with E-state index in [4.69, 9.17) is 0 Å². The number of carbonyl (C=O) groups excluding carboxylic acids is 1. The molecule has 1 unspecified atom stereocenters. The van der Waals surface area contributed by atoms with Gasteiger partial charge in [-0.05, 0) is 31.6 Å². The summed E-state index contributed by atoms with van der Waals surface area (Å²) < 4.78 is 0. The Labute approximate surface area is 108 Å². The molecule has 0 aliphatic carbocycles. The summed E-state index contributed by atoms with van der Waals surface area (Å²) in [5.41, 5.74) is 0. The molecule has 2 aliphatic rings. The van der Waals surface area contributed by atoms with Crippen molar-refractivity contribution in [3.63, 3.8) is 0 Å². The highest BCUT2D eigenvalue weighted by atomic mass is 35.5. The van der Waals surface area contributed by atoms with Crippen molar-refractivity contribution >= 4 is 30.1 Å². The van der Waals surface area contributed by atoms with Gasteiger partial charge >= 0.3 is 0 Å². The molecule has 0 saturated carbocycles. The Morgan fingerprint density at radius 3 is 2.75 bits per heavy atom. The number of likely N-dealkylation sites (N-methyl/N-ethyl adjacent to an activating group) is 1. The topological polar surface area (TPSA) is 32.3 Å². The number of nitrogens with zero attached hydrogens (tertiary/aromatic N) is 1. The lowest BCUT2D eigenvalue weighted by Crippen LogP contribution is -2.50. The third kappa shape index (κ3) is 3.28. The van der Waals surface area contributed by atoms with Gasteiger partial charge in [-0.1, -0.05) is 6.42 Å². The van der Waals surface area contributed by atoms with Crippen LogP contribution in [-0.4, -0.2) is 48.0 Å². The fourth-order valence-electron chi connectivity index (χ4n) is 2.32. The Morgan fingerprint density at radius 1 is 1.38 bits per heavy atom. The van der Waals surface area contributed by atoms with Crippen molar-refractivity contribution in [1.82, 2.24) is 10.2 Å². The van der Waals surface area contributed by atoms with Gasteiger partial charge in [0.1, 0.15) is 0 Å². The quantitative estimate of drug-likeness (QED) is 0.821. The Kier molecular flexibility index (Phi) is 5.94. The number of piperidine rings is 1. The van der Waals surface area contributed by atoms with Gasteiger partial charge in [-0.25, -0.2) is 0 Å². The Balaban J connectivity index is 0.00000128. The van der Waals surface area contributed by atoms with Crippen LogP contribution in [0.5, 0.6) is 0 Å². The molecule has 0 aromatic heterocycles. The molecule has 1 amide bonds. The monoisotopic (exact) mass is 264 g/mol. The van der Waals surface area contributed by atoms with E-state index >= 15 is 0 Å². The van der Waals surface area contributed by atoms with Crippen molar-refractivity contribution < 1.29 is 4.79 Å². The highest BCUT2D eigenvalue weighted by molar-refractivity contribution is 7.99.